The summed E-state index contributed by atoms with van der Waals surface area (Å²) in [4.78, 5) is 15.3. The number of carbonyl (C=O) groups is 1. The van der Waals surface area contributed by atoms with Crippen molar-refractivity contribution in [2.75, 3.05) is 0 Å². The van der Waals surface area contributed by atoms with Gasteiger partial charge in [-0.3, -0.25) is 4.79 Å². The van der Waals surface area contributed by atoms with E-state index in [1.54, 1.807) is 6.92 Å². The van der Waals surface area contributed by atoms with Gasteiger partial charge in [0.15, 0.2) is 0 Å². The van der Waals surface area contributed by atoms with Crippen molar-refractivity contribution in [2.24, 2.45) is 11.3 Å². The molecule has 0 aromatic carbocycles. The zero-order chi connectivity index (χ0) is 13.2. The molecule has 0 bridgehead atoms. The molecule has 1 N–H and O–H groups in total. The van der Waals surface area contributed by atoms with E-state index < -0.39 is 11.4 Å². The lowest BCUT2D eigenvalue weighted by molar-refractivity contribution is -0.150. The standard InChI is InChI=1S/C12H15Cl2NO2/c1-7(2)12(3,11(16)17)5-8-6-15-10(14)4-9(8)13/h4,6-7H,5H2,1-3H3,(H,16,17). The van der Waals surface area contributed by atoms with Crippen molar-refractivity contribution in [3.8, 4) is 0 Å². The number of rotatable bonds is 4. The maximum absolute atomic E-state index is 11.4. The second-order valence-corrected chi connectivity index (χ2v) is 5.45. The summed E-state index contributed by atoms with van der Waals surface area (Å²) >= 11 is 11.7. The van der Waals surface area contributed by atoms with Gasteiger partial charge in [0.05, 0.1) is 5.41 Å². The fourth-order valence-electron chi connectivity index (χ4n) is 1.49. The number of carboxylic acids is 1. The van der Waals surface area contributed by atoms with Gasteiger partial charge >= 0.3 is 5.97 Å². The summed E-state index contributed by atoms with van der Waals surface area (Å²) in [6, 6.07) is 1.53. The molecule has 0 aliphatic carbocycles. The van der Waals surface area contributed by atoms with Crippen LogP contribution in [0.5, 0.6) is 0 Å². The predicted molar refractivity (Wildman–Crippen MR) is 68.5 cm³/mol. The lowest BCUT2D eigenvalue weighted by Gasteiger charge is -2.29. The van der Waals surface area contributed by atoms with E-state index in [9.17, 15) is 9.90 Å². The van der Waals surface area contributed by atoms with Gasteiger partial charge in [-0.1, -0.05) is 37.0 Å². The van der Waals surface area contributed by atoms with Gasteiger partial charge in [-0.25, -0.2) is 4.98 Å². The molecule has 5 heteroatoms. The van der Waals surface area contributed by atoms with Gasteiger partial charge in [0.1, 0.15) is 5.15 Å². The van der Waals surface area contributed by atoms with Crippen LogP contribution in [-0.2, 0) is 11.2 Å². The lowest BCUT2D eigenvalue weighted by atomic mass is 9.75. The Bertz CT molecular complexity index is 435. The molecule has 0 spiro atoms. The van der Waals surface area contributed by atoms with E-state index in [1.807, 2.05) is 13.8 Å². The Morgan fingerprint density at radius 3 is 2.53 bits per heavy atom. The highest BCUT2D eigenvalue weighted by atomic mass is 35.5. The number of hydrogen-bond donors (Lipinski definition) is 1. The summed E-state index contributed by atoms with van der Waals surface area (Å²) in [5.74, 6) is -0.842. The minimum absolute atomic E-state index is 0.00764. The first-order chi connectivity index (χ1) is 7.77. The molecule has 0 amide bonds. The number of hydrogen-bond acceptors (Lipinski definition) is 2. The molecule has 94 valence electrons. The van der Waals surface area contributed by atoms with Crippen LogP contribution in [-0.4, -0.2) is 16.1 Å². The number of aliphatic carboxylic acids is 1. The smallest absolute Gasteiger partial charge is 0.309 e. The third-order valence-corrected chi connectivity index (χ3v) is 3.78. The summed E-state index contributed by atoms with van der Waals surface area (Å²) in [7, 11) is 0. The molecule has 1 unspecified atom stereocenters. The molecule has 3 nitrogen and oxygen atoms in total. The molecule has 0 saturated heterocycles. The van der Waals surface area contributed by atoms with E-state index in [2.05, 4.69) is 4.98 Å². The van der Waals surface area contributed by atoms with E-state index in [0.717, 1.165) is 0 Å². The molecule has 0 aliphatic heterocycles. The first-order valence-corrected chi connectivity index (χ1v) is 6.06. The van der Waals surface area contributed by atoms with Gasteiger partial charge < -0.3 is 5.11 Å². The summed E-state index contributed by atoms with van der Waals surface area (Å²) in [6.07, 6.45) is 1.87. The zero-order valence-corrected chi connectivity index (χ0v) is 11.5. The number of nitrogens with zero attached hydrogens (tertiary/aromatic N) is 1. The Morgan fingerprint density at radius 2 is 2.12 bits per heavy atom. The van der Waals surface area contributed by atoms with Crippen molar-refractivity contribution in [1.29, 1.82) is 0 Å². The monoisotopic (exact) mass is 275 g/mol. The third-order valence-electron chi connectivity index (χ3n) is 3.22. The topological polar surface area (TPSA) is 50.2 Å². The number of pyridine rings is 1. The van der Waals surface area contributed by atoms with Crippen LogP contribution in [0.3, 0.4) is 0 Å². The molecule has 1 atom stereocenters. The molecule has 0 fully saturated rings. The largest absolute Gasteiger partial charge is 0.481 e. The first kappa shape index (κ1) is 14.3. The fraction of sp³-hybridized carbons (Fsp3) is 0.500. The maximum atomic E-state index is 11.4. The summed E-state index contributed by atoms with van der Waals surface area (Å²) in [5, 5.41) is 10.1. The highest BCUT2D eigenvalue weighted by Gasteiger charge is 2.37. The summed E-state index contributed by atoms with van der Waals surface area (Å²) in [5.41, 5.74) is -0.159. The minimum atomic E-state index is -0.862. The Hall–Kier alpha value is -0.800. The molecule has 1 heterocycles. The second-order valence-electron chi connectivity index (χ2n) is 4.65. The molecular formula is C12H15Cl2NO2. The zero-order valence-electron chi connectivity index (χ0n) is 10.00. The minimum Gasteiger partial charge on any atom is -0.481 e. The Kier molecular flexibility index (Phi) is 4.39. The van der Waals surface area contributed by atoms with E-state index in [0.29, 0.717) is 22.2 Å². The molecular weight excluding hydrogens is 261 g/mol. The lowest BCUT2D eigenvalue weighted by Crippen LogP contribution is -2.35. The van der Waals surface area contributed by atoms with Crippen molar-refractivity contribution in [1.82, 2.24) is 4.98 Å². The van der Waals surface area contributed by atoms with Gasteiger partial charge in [0.2, 0.25) is 0 Å². The Morgan fingerprint density at radius 1 is 1.53 bits per heavy atom. The van der Waals surface area contributed by atoms with Crippen molar-refractivity contribution in [2.45, 2.75) is 27.2 Å². The van der Waals surface area contributed by atoms with Crippen molar-refractivity contribution < 1.29 is 9.90 Å². The van der Waals surface area contributed by atoms with Crippen molar-refractivity contribution in [3.05, 3.63) is 28.0 Å². The van der Waals surface area contributed by atoms with Crippen LogP contribution in [0.2, 0.25) is 10.2 Å². The molecule has 1 aromatic rings. The average molecular weight is 276 g/mol. The van der Waals surface area contributed by atoms with Crippen LogP contribution < -0.4 is 0 Å². The number of carboxylic acid groups (broad SMARTS) is 1. The normalized spacial score (nSPS) is 14.7. The maximum Gasteiger partial charge on any atom is 0.309 e. The molecule has 0 radical (unpaired) electrons. The van der Waals surface area contributed by atoms with Crippen LogP contribution in [0, 0.1) is 11.3 Å². The quantitative estimate of drug-likeness (QED) is 0.853. The molecule has 0 aliphatic rings. The van der Waals surface area contributed by atoms with Gasteiger partial charge in [0.25, 0.3) is 0 Å². The molecule has 1 rings (SSSR count). The van der Waals surface area contributed by atoms with E-state index in [4.69, 9.17) is 23.2 Å². The van der Waals surface area contributed by atoms with E-state index in [1.165, 1.54) is 12.3 Å². The number of halogens is 2. The highest BCUT2D eigenvalue weighted by molar-refractivity contribution is 6.34. The number of aromatic nitrogens is 1. The molecule has 17 heavy (non-hydrogen) atoms. The van der Waals surface area contributed by atoms with Gasteiger partial charge in [-0.2, -0.15) is 0 Å². The predicted octanol–water partition coefficient (Wildman–Crippen LogP) is 3.68. The molecule has 0 saturated carbocycles. The second kappa shape index (κ2) is 5.23. The average Bonchev–Trinajstić information content (AvgIpc) is 2.21. The third kappa shape index (κ3) is 3.11. The highest BCUT2D eigenvalue weighted by Crippen LogP contribution is 2.34. The van der Waals surface area contributed by atoms with Crippen LogP contribution in [0.25, 0.3) is 0 Å². The van der Waals surface area contributed by atoms with E-state index in [-0.39, 0.29) is 5.92 Å². The van der Waals surface area contributed by atoms with Gasteiger partial charge in [-0.15, -0.1) is 0 Å². The van der Waals surface area contributed by atoms with Crippen LogP contribution in [0.1, 0.15) is 26.3 Å². The summed E-state index contributed by atoms with van der Waals surface area (Å²) in [6.45, 7) is 5.47. The van der Waals surface area contributed by atoms with Crippen LogP contribution in [0.15, 0.2) is 12.3 Å². The van der Waals surface area contributed by atoms with Crippen LogP contribution in [0.4, 0.5) is 0 Å². The first-order valence-electron chi connectivity index (χ1n) is 5.30. The Balaban J connectivity index is 3.07. The van der Waals surface area contributed by atoms with Crippen molar-refractivity contribution >= 4 is 29.2 Å². The van der Waals surface area contributed by atoms with Crippen LogP contribution >= 0.6 is 23.2 Å². The summed E-state index contributed by atoms with van der Waals surface area (Å²) < 4.78 is 0. The van der Waals surface area contributed by atoms with E-state index >= 15 is 0 Å². The Labute approximate surface area is 111 Å². The van der Waals surface area contributed by atoms with Gasteiger partial charge in [-0.05, 0) is 30.9 Å². The molecule has 1 aromatic heterocycles. The van der Waals surface area contributed by atoms with Gasteiger partial charge in [0, 0.05) is 11.2 Å². The van der Waals surface area contributed by atoms with Crippen molar-refractivity contribution in [3.63, 3.8) is 0 Å². The fourth-order valence-corrected chi connectivity index (χ4v) is 1.92. The SMILES string of the molecule is CC(C)C(C)(Cc1cnc(Cl)cc1Cl)C(=O)O.